The number of carbonyl (C=O) groups is 1. The number of benzene rings is 1. The summed E-state index contributed by atoms with van der Waals surface area (Å²) in [5, 5.41) is 6.46. The smallest absolute Gasteiger partial charge is 0.239 e. The van der Waals surface area contributed by atoms with Crippen molar-refractivity contribution in [2.75, 3.05) is 25.0 Å². The zero-order valence-corrected chi connectivity index (χ0v) is 12.9. The van der Waals surface area contributed by atoms with Gasteiger partial charge in [0.25, 0.3) is 0 Å². The fourth-order valence-electron chi connectivity index (χ4n) is 3.68. The van der Waals surface area contributed by atoms with E-state index in [4.69, 9.17) is 4.52 Å². The summed E-state index contributed by atoms with van der Waals surface area (Å²) < 4.78 is 4.72. The van der Waals surface area contributed by atoms with E-state index in [0.29, 0.717) is 24.4 Å². The number of nitrogens with one attached hydrogen (secondary N) is 1. The van der Waals surface area contributed by atoms with E-state index in [2.05, 4.69) is 50.6 Å². The molecule has 1 aromatic carbocycles. The first-order valence-corrected chi connectivity index (χ1v) is 8.00. The Morgan fingerprint density at radius 3 is 2.65 bits per heavy atom. The molecule has 2 bridgehead atoms. The second-order valence-corrected chi connectivity index (χ2v) is 6.32. The van der Waals surface area contributed by atoms with Crippen LogP contribution in [0.25, 0.3) is 0 Å². The highest BCUT2D eigenvalue weighted by Gasteiger charge is 2.43. The molecule has 0 saturated carbocycles. The summed E-state index contributed by atoms with van der Waals surface area (Å²) in [6.07, 6.45) is 2.61. The zero-order valence-electron chi connectivity index (χ0n) is 12.9. The van der Waals surface area contributed by atoms with E-state index in [1.807, 2.05) is 0 Å². The largest absolute Gasteiger partial charge is 0.363 e. The molecule has 6 heteroatoms. The number of piperazine rings is 1. The summed E-state index contributed by atoms with van der Waals surface area (Å²) in [6.45, 7) is 3.43. The van der Waals surface area contributed by atoms with Gasteiger partial charge in [0.1, 0.15) is 6.26 Å². The quantitative estimate of drug-likeness (QED) is 0.908. The van der Waals surface area contributed by atoms with Crippen LogP contribution in [-0.4, -0.2) is 52.6 Å². The van der Waals surface area contributed by atoms with Crippen molar-refractivity contribution >= 4 is 11.7 Å². The molecule has 2 aliphatic heterocycles. The van der Waals surface area contributed by atoms with Gasteiger partial charge in [0.15, 0.2) is 5.82 Å². The van der Waals surface area contributed by atoms with Crippen molar-refractivity contribution in [3.63, 3.8) is 0 Å². The monoisotopic (exact) mass is 312 g/mol. The van der Waals surface area contributed by atoms with Gasteiger partial charge in [-0.2, -0.15) is 0 Å². The minimum atomic E-state index is -0.0268. The molecule has 2 atom stereocenters. The Labute approximate surface area is 135 Å². The van der Waals surface area contributed by atoms with E-state index >= 15 is 0 Å². The maximum absolute atomic E-state index is 12.1. The third-order valence-electron chi connectivity index (χ3n) is 4.75. The molecular weight excluding hydrogens is 292 g/mol. The van der Waals surface area contributed by atoms with E-state index in [9.17, 15) is 4.79 Å². The molecule has 0 unspecified atom stereocenters. The molecule has 4 rings (SSSR count). The average Bonchev–Trinajstić information content (AvgIpc) is 3.26. The van der Waals surface area contributed by atoms with Crippen LogP contribution in [0.1, 0.15) is 12.0 Å². The number of likely N-dealkylation sites (tertiary alicyclic amines) is 2. The van der Waals surface area contributed by atoms with Crippen LogP contribution in [0.3, 0.4) is 0 Å². The van der Waals surface area contributed by atoms with E-state index < -0.39 is 0 Å². The van der Waals surface area contributed by atoms with Crippen LogP contribution < -0.4 is 5.32 Å². The zero-order chi connectivity index (χ0) is 15.6. The second-order valence-electron chi connectivity index (χ2n) is 6.32. The molecule has 1 aromatic heterocycles. The summed E-state index contributed by atoms with van der Waals surface area (Å²) >= 11 is 0. The van der Waals surface area contributed by atoms with Crippen molar-refractivity contribution in [2.24, 2.45) is 0 Å². The van der Waals surface area contributed by atoms with Crippen LogP contribution in [-0.2, 0) is 11.3 Å². The van der Waals surface area contributed by atoms with Gasteiger partial charge in [0, 0.05) is 37.8 Å². The predicted molar refractivity (Wildman–Crippen MR) is 85.8 cm³/mol. The number of hydrogen-bond donors (Lipinski definition) is 1. The van der Waals surface area contributed by atoms with Crippen molar-refractivity contribution in [1.29, 1.82) is 0 Å². The first kappa shape index (κ1) is 14.4. The summed E-state index contributed by atoms with van der Waals surface area (Å²) in [6, 6.07) is 13.3. The Hall–Kier alpha value is -2.18. The predicted octanol–water partition coefficient (Wildman–Crippen LogP) is 1.57. The number of nitrogens with zero attached hydrogens (tertiary/aromatic N) is 3. The van der Waals surface area contributed by atoms with Gasteiger partial charge in [-0.1, -0.05) is 35.5 Å². The number of hydrogen-bond acceptors (Lipinski definition) is 5. The first-order chi connectivity index (χ1) is 11.3. The van der Waals surface area contributed by atoms with Gasteiger partial charge in [0.05, 0.1) is 6.54 Å². The molecule has 1 N–H and O–H groups in total. The standard InChI is InChI=1S/C17H20N4O2/c22-17(18-16-6-7-23-19-16)12-21-11-14-8-15(21)10-20(14)9-13-4-2-1-3-5-13/h1-7,14-15H,8-12H2,(H,18,19,22)/t14-,15-/m0/s1. The number of amides is 1. The molecule has 2 fully saturated rings. The maximum Gasteiger partial charge on any atom is 0.239 e. The topological polar surface area (TPSA) is 61.6 Å². The van der Waals surface area contributed by atoms with Crippen LogP contribution in [0.4, 0.5) is 5.82 Å². The van der Waals surface area contributed by atoms with E-state index in [1.54, 1.807) is 6.07 Å². The molecule has 0 aliphatic carbocycles. The van der Waals surface area contributed by atoms with E-state index in [-0.39, 0.29) is 5.91 Å². The Kier molecular flexibility index (Phi) is 3.85. The van der Waals surface area contributed by atoms with Crippen LogP contribution in [0.2, 0.25) is 0 Å². The minimum Gasteiger partial charge on any atom is -0.363 e. The molecule has 0 spiro atoms. The van der Waals surface area contributed by atoms with Crippen molar-refractivity contribution in [3.8, 4) is 0 Å². The number of aromatic nitrogens is 1. The molecule has 2 aromatic rings. The van der Waals surface area contributed by atoms with Gasteiger partial charge < -0.3 is 9.84 Å². The Morgan fingerprint density at radius 2 is 1.96 bits per heavy atom. The first-order valence-electron chi connectivity index (χ1n) is 8.00. The van der Waals surface area contributed by atoms with Gasteiger partial charge >= 0.3 is 0 Å². The SMILES string of the molecule is O=C(CN1C[C@@H]2C[C@H]1CN2Cc1ccccc1)Nc1ccon1. The molecular formula is C17H20N4O2. The number of fused-ring (bicyclic) bond motifs is 2. The van der Waals surface area contributed by atoms with Crippen molar-refractivity contribution in [1.82, 2.24) is 15.0 Å². The molecule has 3 heterocycles. The molecule has 6 nitrogen and oxygen atoms in total. The van der Waals surface area contributed by atoms with Crippen LogP contribution in [0.5, 0.6) is 0 Å². The van der Waals surface area contributed by atoms with Crippen molar-refractivity contribution in [3.05, 3.63) is 48.2 Å². The van der Waals surface area contributed by atoms with Crippen LogP contribution >= 0.6 is 0 Å². The summed E-state index contributed by atoms with van der Waals surface area (Å²) in [5.41, 5.74) is 1.36. The third kappa shape index (κ3) is 3.13. The molecule has 1 amide bonds. The lowest BCUT2D eigenvalue weighted by Gasteiger charge is -2.33. The maximum atomic E-state index is 12.1. The van der Waals surface area contributed by atoms with Gasteiger partial charge in [-0.25, -0.2) is 0 Å². The van der Waals surface area contributed by atoms with Crippen molar-refractivity contribution in [2.45, 2.75) is 25.0 Å². The van der Waals surface area contributed by atoms with E-state index in [0.717, 1.165) is 26.1 Å². The summed E-state index contributed by atoms with van der Waals surface area (Å²) in [4.78, 5) is 16.9. The minimum absolute atomic E-state index is 0.0268. The fourth-order valence-corrected chi connectivity index (χ4v) is 3.68. The average molecular weight is 312 g/mol. The Morgan fingerprint density at radius 1 is 1.17 bits per heavy atom. The highest BCUT2D eigenvalue weighted by molar-refractivity contribution is 5.91. The molecule has 23 heavy (non-hydrogen) atoms. The fraction of sp³-hybridized carbons (Fsp3) is 0.412. The number of rotatable bonds is 5. The Bertz CT molecular complexity index is 658. The van der Waals surface area contributed by atoms with Crippen LogP contribution in [0.15, 0.2) is 47.2 Å². The molecule has 0 radical (unpaired) electrons. The summed E-state index contributed by atoms with van der Waals surface area (Å²) in [7, 11) is 0. The van der Waals surface area contributed by atoms with Gasteiger partial charge in [-0.15, -0.1) is 0 Å². The molecule has 2 saturated heterocycles. The number of anilines is 1. The Balaban J connectivity index is 1.30. The lowest BCUT2D eigenvalue weighted by Crippen LogP contribution is -2.48. The molecule has 120 valence electrons. The third-order valence-corrected chi connectivity index (χ3v) is 4.75. The van der Waals surface area contributed by atoms with Gasteiger partial charge in [0.2, 0.25) is 5.91 Å². The normalized spacial score (nSPS) is 24.2. The summed E-state index contributed by atoms with van der Waals surface area (Å²) in [5.74, 6) is 0.450. The second kappa shape index (κ2) is 6.14. The lowest BCUT2D eigenvalue weighted by atomic mass is 10.2. The highest BCUT2D eigenvalue weighted by Crippen LogP contribution is 2.31. The number of carbonyl (C=O) groups excluding carboxylic acids is 1. The van der Waals surface area contributed by atoms with Gasteiger partial charge in [-0.3, -0.25) is 14.6 Å². The highest BCUT2D eigenvalue weighted by atomic mass is 16.5. The molecule has 2 aliphatic rings. The van der Waals surface area contributed by atoms with E-state index in [1.165, 1.54) is 11.8 Å². The van der Waals surface area contributed by atoms with Crippen LogP contribution in [0, 0.1) is 0 Å². The van der Waals surface area contributed by atoms with Gasteiger partial charge in [-0.05, 0) is 12.0 Å². The van der Waals surface area contributed by atoms with Crippen molar-refractivity contribution < 1.29 is 9.32 Å². The lowest BCUT2D eigenvalue weighted by molar-refractivity contribution is -0.117.